The van der Waals surface area contributed by atoms with E-state index in [-0.39, 0.29) is 11.3 Å². The maximum atomic E-state index is 11.0. The first-order valence-corrected chi connectivity index (χ1v) is 5.34. The normalized spacial score (nSPS) is 10.9. The van der Waals surface area contributed by atoms with E-state index >= 15 is 0 Å². The molecule has 0 saturated heterocycles. The molecule has 0 aliphatic carbocycles. The zero-order valence-electron chi connectivity index (χ0n) is 9.51. The number of carboxylic acid groups (broad SMARTS) is 1. The largest absolute Gasteiger partial charge is 0.477 e. The number of carboxylic acids is 1. The number of rotatable bonds is 2. The SMILES string of the molecule is Cc1cccc2cc(-c3oncc3C(=O)O)oc12. The predicted octanol–water partition coefficient (Wildman–Crippen LogP) is 3.09. The number of para-hydroxylation sites is 1. The topological polar surface area (TPSA) is 76.5 Å². The Morgan fingerprint density at radius 2 is 2.22 bits per heavy atom. The average Bonchev–Trinajstić information content (AvgIpc) is 2.95. The van der Waals surface area contributed by atoms with E-state index in [2.05, 4.69) is 5.16 Å². The Kier molecular flexibility index (Phi) is 2.19. The molecule has 3 rings (SSSR count). The zero-order valence-corrected chi connectivity index (χ0v) is 9.51. The first-order valence-electron chi connectivity index (χ1n) is 5.34. The van der Waals surface area contributed by atoms with E-state index in [1.54, 1.807) is 6.07 Å². The lowest BCUT2D eigenvalue weighted by Gasteiger charge is -1.93. The average molecular weight is 243 g/mol. The molecule has 0 fully saturated rings. The number of aryl methyl sites for hydroxylation is 1. The van der Waals surface area contributed by atoms with Gasteiger partial charge in [-0.15, -0.1) is 0 Å². The number of furan rings is 1. The molecule has 0 atom stereocenters. The lowest BCUT2D eigenvalue weighted by atomic mass is 10.1. The summed E-state index contributed by atoms with van der Waals surface area (Å²) in [6, 6.07) is 7.48. The van der Waals surface area contributed by atoms with Crippen LogP contribution in [0.25, 0.3) is 22.5 Å². The summed E-state index contributed by atoms with van der Waals surface area (Å²) in [7, 11) is 0. The molecule has 0 unspecified atom stereocenters. The van der Waals surface area contributed by atoms with Crippen molar-refractivity contribution in [2.24, 2.45) is 0 Å². The summed E-state index contributed by atoms with van der Waals surface area (Å²) >= 11 is 0. The monoisotopic (exact) mass is 243 g/mol. The van der Waals surface area contributed by atoms with Crippen LogP contribution in [0.1, 0.15) is 15.9 Å². The first kappa shape index (κ1) is 10.6. The molecular weight excluding hydrogens is 234 g/mol. The molecule has 0 aliphatic rings. The van der Waals surface area contributed by atoms with Gasteiger partial charge in [0.25, 0.3) is 0 Å². The van der Waals surface area contributed by atoms with Crippen LogP contribution < -0.4 is 0 Å². The van der Waals surface area contributed by atoms with Crippen molar-refractivity contribution in [3.05, 3.63) is 41.6 Å². The fourth-order valence-electron chi connectivity index (χ4n) is 1.89. The van der Waals surface area contributed by atoms with E-state index in [0.717, 1.165) is 22.7 Å². The molecule has 1 N–H and O–H groups in total. The van der Waals surface area contributed by atoms with E-state index < -0.39 is 5.97 Å². The van der Waals surface area contributed by atoms with E-state index in [0.29, 0.717) is 5.76 Å². The fraction of sp³-hybridized carbons (Fsp3) is 0.0769. The van der Waals surface area contributed by atoms with Gasteiger partial charge in [0.05, 0.1) is 6.20 Å². The number of aromatic carboxylic acids is 1. The quantitative estimate of drug-likeness (QED) is 0.748. The number of aromatic nitrogens is 1. The highest BCUT2D eigenvalue weighted by Gasteiger charge is 2.20. The molecule has 0 amide bonds. The third-order valence-corrected chi connectivity index (χ3v) is 2.77. The van der Waals surface area contributed by atoms with Gasteiger partial charge in [0.15, 0.2) is 5.76 Å². The molecule has 2 aromatic heterocycles. The van der Waals surface area contributed by atoms with Crippen molar-refractivity contribution in [2.45, 2.75) is 6.92 Å². The third-order valence-electron chi connectivity index (χ3n) is 2.77. The van der Waals surface area contributed by atoms with E-state index in [1.165, 1.54) is 0 Å². The van der Waals surface area contributed by atoms with Gasteiger partial charge in [-0.05, 0) is 18.6 Å². The molecule has 18 heavy (non-hydrogen) atoms. The molecule has 1 aromatic carbocycles. The lowest BCUT2D eigenvalue weighted by molar-refractivity contribution is 0.0697. The Hall–Kier alpha value is -2.56. The number of nitrogens with zero attached hydrogens (tertiary/aromatic N) is 1. The standard InChI is InChI=1S/C13H9NO4/c1-7-3-2-4-8-5-10(17-11(7)8)12-9(13(15)16)6-14-18-12/h2-6H,1H3,(H,15,16). The van der Waals surface area contributed by atoms with Crippen LogP contribution in [0.5, 0.6) is 0 Å². The molecule has 5 nitrogen and oxygen atoms in total. The number of benzene rings is 1. The van der Waals surface area contributed by atoms with Crippen molar-refractivity contribution in [1.82, 2.24) is 5.16 Å². The van der Waals surface area contributed by atoms with Crippen molar-refractivity contribution in [2.75, 3.05) is 0 Å². The second-order valence-corrected chi connectivity index (χ2v) is 3.98. The molecule has 0 saturated carbocycles. The highest BCUT2D eigenvalue weighted by molar-refractivity contribution is 5.94. The van der Waals surface area contributed by atoms with Crippen molar-refractivity contribution in [3.8, 4) is 11.5 Å². The Bertz CT molecular complexity index is 738. The highest BCUT2D eigenvalue weighted by Crippen LogP contribution is 2.31. The molecule has 0 radical (unpaired) electrons. The molecular formula is C13H9NO4. The maximum Gasteiger partial charge on any atom is 0.341 e. The van der Waals surface area contributed by atoms with Gasteiger partial charge in [0, 0.05) is 5.39 Å². The van der Waals surface area contributed by atoms with Crippen LogP contribution >= 0.6 is 0 Å². The van der Waals surface area contributed by atoms with Gasteiger partial charge in [-0.3, -0.25) is 0 Å². The second kappa shape index (κ2) is 3.73. The number of fused-ring (bicyclic) bond motifs is 1. The van der Waals surface area contributed by atoms with Crippen LogP contribution in [0, 0.1) is 6.92 Å². The van der Waals surface area contributed by atoms with Gasteiger partial charge in [0.2, 0.25) is 5.76 Å². The van der Waals surface area contributed by atoms with Crippen molar-refractivity contribution in [3.63, 3.8) is 0 Å². The minimum Gasteiger partial charge on any atom is -0.477 e. The van der Waals surface area contributed by atoms with Crippen LogP contribution in [-0.2, 0) is 0 Å². The number of hydrogen-bond donors (Lipinski definition) is 1. The fourth-order valence-corrected chi connectivity index (χ4v) is 1.89. The molecule has 90 valence electrons. The summed E-state index contributed by atoms with van der Waals surface area (Å²) in [4.78, 5) is 11.0. The van der Waals surface area contributed by atoms with Gasteiger partial charge in [-0.2, -0.15) is 0 Å². The van der Waals surface area contributed by atoms with Crippen molar-refractivity contribution >= 4 is 16.9 Å². The Morgan fingerprint density at radius 1 is 1.39 bits per heavy atom. The minimum absolute atomic E-state index is 0.00768. The number of carbonyl (C=O) groups is 1. The van der Waals surface area contributed by atoms with Crippen molar-refractivity contribution < 1.29 is 18.8 Å². The number of hydrogen-bond acceptors (Lipinski definition) is 4. The van der Waals surface area contributed by atoms with E-state index in [4.69, 9.17) is 14.0 Å². The van der Waals surface area contributed by atoms with Crippen LogP contribution in [0.4, 0.5) is 0 Å². The molecule has 5 heteroatoms. The molecule has 2 heterocycles. The molecule has 0 spiro atoms. The highest BCUT2D eigenvalue weighted by atomic mass is 16.5. The molecule has 0 aliphatic heterocycles. The Labute approximate surface area is 102 Å². The minimum atomic E-state index is -1.09. The summed E-state index contributed by atoms with van der Waals surface area (Å²) in [6.07, 6.45) is 1.16. The van der Waals surface area contributed by atoms with Crippen molar-refractivity contribution in [1.29, 1.82) is 0 Å². The van der Waals surface area contributed by atoms with Gasteiger partial charge in [-0.25, -0.2) is 4.79 Å². The van der Waals surface area contributed by atoms with Crippen LogP contribution in [-0.4, -0.2) is 16.2 Å². The molecule has 0 bridgehead atoms. The summed E-state index contributed by atoms with van der Waals surface area (Å²) in [5.41, 5.74) is 1.70. The summed E-state index contributed by atoms with van der Waals surface area (Å²) in [5, 5.41) is 13.4. The van der Waals surface area contributed by atoms with Crippen LogP contribution in [0.15, 0.2) is 39.4 Å². The van der Waals surface area contributed by atoms with E-state index in [1.807, 2.05) is 25.1 Å². The van der Waals surface area contributed by atoms with Gasteiger partial charge in [0.1, 0.15) is 11.1 Å². The van der Waals surface area contributed by atoms with Gasteiger partial charge in [-0.1, -0.05) is 23.4 Å². The van der Waals surface area contributed by atoms with Crippen LogP contribution in [0.3, 0.4) is 0 Å². The third kappa shape index (κ3) is 1.48. The Morgan fingerprint density at radius 3 is 2.94 bits per heavy atom. The summed E-state index contributed by atoms with van der Waals surface area (Å²) < 4.78 is 10.6. The maximum absolute atomic E-state index is 11.0. The van der Waals surface area contributed by atoms with Gasteiger partial charge >= 0.3 is 5.97 Å². The zero-order chi connectivity index (χ0) is 12.7. The van der Waals surface area contributed by atoms with Gasteiger partial charge < -0.3 is 14.0 Å². The summed E-state index contributed by atoms with van der Waals surface area (Å²) in [6.45, 7) is 1.92. The van der Waals surface area contributed by atoms with Crippen LogP contribution in [0.2, 0.25) is 0 Å². The predicted molar refractivity (Wildman–Crippen MR) is 63.4 cm³/mol. The lowest BCUT2D eigenvalue weighted by Crippen LogP contribution is -1.95. The summed E-state index contributed by atoms with van der Waals surface area (Å²) in [5.74, 6) is -0.587. The second-order valence-electron chi connectivity index (χ2n) is 3.98. The van der Waals surface area contributed by atoms with E-state index in [9.17, 15) is 4.79 Å². The molecule has 3 aromatic rings. The Balaban J connectivity index is 2.23. The first-order chi connectivity index (χ1) is 8.66. The smallest absolute Gasteiger partial charge is 0.341 e.